The van der Waals surface area contributed by atoms with E-state index >= 15 is 0 Å². The van der Waals surface area contributed by atoms with Crippen molar-refractivity contribution in [3.63, 3.8) is 0 Å². The molecule has 0 aliphatic heterocycles. The predicted octanol–water partition coefficient (Wildman–Crippen LogP) is 23.3. The van der Waals surface area contributed by atoms with Gasteiger partial charge in [0.2, 0.25) is 0 Å². The Morgan fingerprint density at radius 3 is 1.07 bits per heavy atom. The smallest absolute Gasteiger partial charge is 0.138 e. The molecule has 0 aliphatic carbocycles. The Balaban J connectivity index is 0.000000122. The molecule has 1 N–H and O–H groups in total. The van der Waals surface area contributed by atoms with Crippen LogP contribution in [0.2, 0.25) is 0 Å². The van der Waals surface area contributed by atoms with Crippen molar-refractivity contribution in [2.45, 2.75) is 0 Å². The van der Waals surface area contributed by atoms with E-state index in [4.69, 9.17) is 24.9 Å². The van der Waals surface area contributed by atoms with Crippen molar-refractivity contribution < 1.29 is 0 Å². The zero-order chi connectivity index (χ0) is 59.5. The first-order chi connectivity index (χ1) is 43.8. The summed E-state index contributed by atoms with van der Waals surface area (Å²) >= 11 is 17.5. The summed E-state index contributed by atoms with van der Waals surface area (Å²) < 4.78 is 9.90. The van der Waals surface area contributed by atoms with Gasteiger partial charge in [-0.1, -0.05) is 109 Å². The van der Waals surface area contributed by atoms with Crippen LogP contribution in [0.1, 0.15) is 0 Å². The Morgan fingerprint density at radius 2 is 0.663 bits per heavy atom. The number of hydrogen-bond acceptors (Lipinski definition) is 10. The molecule has 0 fully saturated rings. The van der Waals surface area contributed by atoms with Crippen LogP contribution in [-0.4, -0.2) is 39.5 Å². The lowest BCUT2D eigenvalue weighted by atomic mass is 10.1. The van der Waals surface area contributed by atoms with E-state index in [2.05, 4.69) is 250 Å². The van der Waals surface area contributed by atoms with Gasteiger partial charge >= 0.3 is 0 Å². The highest BCUT2D eigenvalue weighted by Gasteiger charge is 2.20. The van der Waals surface area contributed by atoms with Gasteiger partial charge in [-0.3, -0.25) is 4.57 Å². The number of halogens is 3. The molecule has 0 radical (unpaired) electrons. The fourth-order valence-electron chi connectivity index (χ4n) is 11.3. The average Bonchev–Trinajstić information content (AvgIpc) is 1.79. The predicted molar refractivity (Wildman–Crippen MR) is 387 cm³/mol. The van der Waals surface area contributed by atoms with Crippen LogP contribution < -0.4 is 0 Å². The van der Waals surface area contributed by atoms with Crippen LogP contribution in [0.15, 0.2) is 269 Å². The molecule has 424 valence electrons. The lowest BCUT2D eigenvalue weighted by molar-refractivity contribution is 1.08. The fourth-order valence-corrected chi connectivity index (χ4v) is 16.4. The fraction of sp³-hybridized carbons (Fsp3) is 0. The molecule has 15 heteroatoms. The molecule has 0 bridgehead atoms. The van der Waals surface area contributed by atoms with Crippen molar-refractivity contribution >= 4 is 178 Å². The minimum Gasteiger partial charge on any atom is -0.355 e. The first-order valence-electron chi connectivity index (χ1n) is 28.4. The minimum atomic E-state index is 0.847. The zero-order valence-electron chi connectivity index (χ0n) is 46.6. The molecule has 8 heterocycles. The van der Waals surface area contributed by atoms with E-state index in [9.17, 15) is 0 Å². The van der Waals surface area contributed by atoms with Gasteiger partial charge < -0.3 is 4.98 Å². The maximum atomic E-state index is 4.96. The highest BCUT2D eigenvalue weighted by molar-refractivity contribution is 9.11. The van der Waals surface area contributed by atoms with E-state index in [0.717, 1.165) is 133 Å². The van der Waals surface area contributed by atoms with Gasteiger partial charge in [-0.25, -0.2) is 29.9 Å². The van der Waals surface area contributed by atoms with Gasteiger partial charge in [-0.15, -0.1) is 45.3 Å². The maximum absolute atomic E-state index is 4.96. The quantitative estimate of drug-likeness (QED) is 0.160. The van der Waals surface area contributed by atoms with E-state index in [0.29, 0.717) is 0 Å². The molecule has 8 aromatic heterocycles. The second-order valence-corrected chi connectivity index (χ2v) is 27.8. The van der Waals surface area contributed by atoms with Gasteiger partial charge in [0, 0.05) is 87.3 Å². The number of pyridine rings is 2. The summed E-state index contributed by atoms with van der Waals surface area (Å²) in [5.74, 6) is 0.868. The molecule has 18 rings (SSSR count). The summed E-state index contributed by atoms with van der Waals surface area (Å²) in [5.41, 5.74) is 17.7. The molecule has 18 aromatic rings. The number of para-hydroxylation sites is 4. The van der Waals surface area contributed by atoms with Crippen molar-refractivity contribution in [1.29, 1.82) is 0 Å². The first kappa shape index (κ1) is 55.4. The molecule has 0 saturated heterocycles. The van der Waals surface area contributed by atoms with Crippen LogP contribution in [0.5, 0.6) is 0 Å². The number of benzene rings is 10. The number of H-pyrrole nitrogens is 1. The Hall–Kier alpha value is -8.90. The Bertz CT molecular complexity index is 5320. The van der Waals surface area contributed by atoms with Gasteiger partial charge in [0.25, 0.3) is 0 Å². The summed E-state index contributed by atoms with van der Waals surface area (Å²) in [6.45, 7) is 0. The molecular weight excluding hydrogens is 1370 g/mol. The van der Waals surface area contributed by atoms with Gasteiger partial charge in [-0.05, 0) is 192 Å². The van der Waals surface area contributed by atoms with Crippen LogP contribution in [0.25, 0.3) is 155 Å². The third-order valence-corrected chi connectivity index (χ3v) is 21.6. The summed E-state index contributed by atoms with van der Waals surface area (Å²) in [6.07, 6.45) is 3.70. The monoisotopic (exact) mass is 1410 g/mol. The summed E-state index contributed by atoms with van der Waals surface area (Å²) in [4.78, 5) is 32.2. The number of thiazole rings is 4. The van der Waals surface area contributed by atoms with Crippen molar-refractivity contribution in [3.05, 3.63) is 269 Å². The molecule has 0 aliphatic rings. The van der Waals surface area contributed by atoms with Crippen molar-refractivity contribution in [3.8, 4) is 70.4 Å². The molecule has 0 amide bonds. The molecule has 0 unspecified atom stereocenters. The highest BCUT2D eigenvalue weighted by Crippen LogP contribution is 2.42. The molecule has 0 spiro atoms. The molecule has 0 atom stereocenters. The third kappa shape index (κ3) is 10.8. The standard InChI is InChI=1S/C37H21BrN4S2.C26H15N3S2.C11H7Br2N/c38-28-21-39-35(20-25(28)22-8-2-1-3-9-22)42-31-16-14-23(36-40-29-10-4-6-12-33(29)43-36)18-26(31)27-19-24(15-17-32(27)42)37-41-30-11-5-7-13-34(30)44-37;1-3-7-23-21(5-1)28-25(30-23)15-9-11-19-17(13-15)18-14-16(10-12-20(18)27-19)26-29-22-6-2-4-8-24(22)31-26;12-10-7-14-11(13)6-9(10)8-4-2-1-3-5-8/h1-21H;1-14,27H;1-7H. The summed E-state index contributed by atoms with van der Waals surface area (Å²) in [7, 11) is 0. The number of nitrogens with one attached hydrogen (secondary N) is 1. The Labute approximate surface area is 551 Å². The molecule has 89 heavy (non-hydrogen) atoms. The van der Waals surface area contributed by atoms with Crippen LogP contribution in [0.3, 0.4) is 0 Å². The van der Waals surface area contributed by atoms with Crippen LogP contribution >= 0.6 is 93.1 Å². The van der Waals surface area contributed by atoms with Crippen molar-refractivity contribution in [1.82, 2.24) is 39.5 Å². The Morgan fingerprint density at radius 1 is 0.315 bits per heavy atom. The van der Waals surface area contributed by atoms with E-state index in [1.165, 1.54) is 35.1 Å². The van der Waals surface area contributed by atoms with E-state index < -0.39 is 0 Å². The van der Waals surface area contributed by atoms with Crippen LogP contribution in [0.4, 0.5) is 0 Å². The highest BCUT2D eigenvalue weighted by atomic mass is 79.9. The Kier molecular flexibility index (Phi) is 14.7. The lowest BCUT2D eigenvalue weighted by Crippen LogP contribution is -1.98. The number of hydrogen-bond donors (Lipinski definition) is 1. The van der Waals surface area contributed by atoms with E-state index in [-0.39, 0.29) is 0 Å². The van der Waals surface area contributed by atoms with Gasteiger partial charge in [0.05, 0.1) is 51.9 Å². The largest absolute Gasteiger partial charge is 0.355 e. The van der Waals surface area contributed by atoms with Gasteiger partial charge in [0.1, 0.15) is 30.5 Å². The average molecular weight is 1410 g/mol. The normalized spacial score (nSPS) is 11.5. The number of aromatic amines is 1. The molecule has 0 saturated carbocycles. The molecule has 10 aromatic carbocycles. The van der Waals surface area contributed by atoms with Crippen molar-refractivity contribution in [2.75, 3.05) is 0 Å². The first-order valence-corrected chi connectivity index (χ1v) is 34.1. The number of aromatic nitrogens is 8. The van der Waals surface area contributed by atoms with Crippen LogP contribution in [-0.2, 0) is 0 Å². The number of nitrogens with zero attached hydrogens (tertiary/aromatic N) is 7. The zero-order valence-corrected chi connectivity index (χ0v) is 54.7. The van der Waals surface area contributed by atoms with Crippen LogP contribution in [0, 0.1) is 0 Å². The SMILES string of the molecule is Brc1cc(-c2ccccc2)c(Br)cn1.Brc1cnc(-n2c3ccc(-c4nc5ccccc5s4)cc3c3cc(-c4nc5ccccc5s4)ccc32)cc1-c1ccccc1.c1ccc2sc(-c3ccc4[nH]c5ccc(-c6nc7ccccc7s6)cc5c4c3)nc2c1. The molecule has 8 nitrogen and oxygen atoms in total. The minimum absolute atomic E-state index is 0.847. The third-order valence-electron chi connectivity index (χ3n) is 15.6. The second-order valence-electron chi connectivity index (χ2n) is 21.1. The van der Waals surface area contributed by atoms with E-state index in [1.807, 2.05) is 60.8 Å². The number of fused-ring (bicyclic) bond motifs is 10. The van der Waals surface area contributed by atoms with Gasteiger partial charge in [-0.2, -0.15) is 0 Å². The number of rotatable bonds is 7. The topological polar surface area (TPSA) is 98.1 Å². The lowest BCUT2D eigenvalue weighted by Gasteiger charge is -2.11. The van der Waals surface area contributed by atoms with Crippen molar-refractivity contribution in [2.24, 2.45) is 0 Å². The summed E-state index contributed by atoms with van der Waals surface area (Å²) in [6, 6.07) is 84.6. The van der Waals surface area contributed by atoms with Gasteiger partial charge in [0.15, 0.2) is 0 Å². The second kappa shape index (κ2) is 23.6. The molecular formula is C74H43Br3N8S4. The maximum Gasteiger partial charge on any atom is 0.138 e. The summed E-state index contributed by atoms with van der Waals surface area (Å²) in [5, 5.41) is 8.90. The van der Waals surface area contributed by atoms with E-state index in [1.54, 1.807) is 51.5 Å².